The van der Waals surface area contributed by atoms with E-state index in [1.807, 2.05) is 0 Å². The summed E-state index contributed by atoms with van der Waals surface area (Å²) >= 11 is 1.22. The average Bonchev–Trinajstić information content (AvgIpc) is 3.23. The number of rotatable bonds is 5. The van der Waals surface area contributed by atoms with Crippen LogP contribution in [0.1, 0.15) is 23.8 Å². The van der Waals surface area contributed by atoms with Gasteiger partial charge in [0, 0.05) is 24.6 Å². The molecule has 0 aliphatic carbocycles. The Balaban J connectivity index is 1.51. The van der Waals surface area contributed by atoms with E-state index in [2.05, 4.69) is 14.9 Å². The maximum absolute atomic E-state index is 14.0. The molecule has 0 saturated carbocycles. The molecule has 1 atom stereocenters. The molecule has 2 aromatic carbocycles. The van der Waals surface area contributed by atoms with Crippen molar-refractivity contribution in [3.05, 3.63) is 59.4 Å². The lowest BCUT2D eigenvalue weighted by Crippen LogP contribution is -2.39. The lowest BCUT2D eigenvalue weighted by Gasteiger charge is -2.30. The molecule has 0 amide bonds. The molecule has 1 aliphatic rings. The minimum atomic E-state index is -4.86. The molecular weight excluding hydrogens is 470 g/mol. The van der Waals surface area contributed by atoms with Crippen molar-refractivity contribution in [1.29, 1.82) is 0 Å². The smallest absolute Gasteiger partial charge is 0.406 e. The first-order valence-corrected chi connectivity index (χ1v) is 11.8. The zero-order valence-electron chi connectivity index (χ0n) is 16.4. The van der Waals surface area contributed by atoms with Crippen LogP contribution in [0.3, 0.4) is 0 Å². The van der Waals surface area contributed by atoms with Crippen LogP contribution < -0.4 is 4.74 Å². The molecule has 6 nitrogen and oxygen atoms in total. The van der Waals surface area contributed by atoms with Gasteiger partial charge in [0.25, 0.3) is 0 Å². The van der Waals surface area contributed by atoms with Gasteiger partial charge < -0.3 is 4.74 Å². The largest absolute Gasteiger partial charge is 0.573 e. The van der Waals surface area contributed by atoms with Crippen LogP contribution in [0.2, 0.25) is 0 Å². The maximum Gasteiger partial charge on any atom is 0.573 e. The SMILES string of the molecule is O=S(=O)(c1ccc(OC(F)(F)F)cc1)N1CCCC(c2nnc(-c3ccccc3F)s2)C1. The minimum absolute atomic E-state index is 0.128. The second kappa shape index (κ2) is 8.75. The highest BCUT2D eigenvalue weighted by molar-refractivity contribution is 7.89. The first-order chi connectivity index (χ1) is 15.1. The summed E-state index contributed by atoms with van der Waals surface area (Å²) in [5, 5.41) is 9.23. The monoisotopic (exact) mass is 487 g/mol. The Morgan fingerprint density at radius 3 is 2.47 bits per heavy atom. The topological polar surface area (TPSA) is 72.4 Å². The molecule has 1 unspecified atom stereocenters. The van der Waals surface area contributed by atoms with Crippen LogP contribution in [-0.4, -0.2) is 42.4 Å². The van der Waals surface area contributed by atoms with Crippen molar-refractivity contribution in [1.82, 2.24) is 14.5 Å². The summed E-state index contributed by atoms with van der Waals surface area (Å²) in [4.78, 5) is -0.128. The highest BCUT2D eigenvalue weighted by Gasteiger charge is 2.34. The van der Waals surface area contributed by atoms with Crippen molar-refractivity contribution in [2.45, 2.75) is 30.0 Å². The Bertz CT molecular complexity index is 1200. The zero-order chi connectivity index (χ0) is 22.9. The third-order valence-electron chi connectivity index (χ3n) is 4.97. The van der Waals surface area contributed by atoms with Crippen molar-refractivity contribution in [2.24, 2.45) is 0 Å². The second-order valence-electron chi connectivity index (χ2n) is 7.15. The van der Waals surface area contributed by atoms with Gasteiger partial charge in [0.2, 0.25) is 10.0 Å². The number of ether oxygens (including phenoxy) is 1. The molecule has 32 heavy (non-hydrogen) atoms. The van der Waals surface area contributed by atoms with Gasteiger partial charge in [0.15, 0.2) is 5.01 Å². The van der Waals surface area contributed by atoms with Crippen molar-refractivity contribution in [3.63, 3.8) is 0 Å². The lowest BCUT2D eigenvalue weighted by molar-refractivity contribution is -0.274. The molecular formula is C20H17F4N3O3S2. The van der Waals surface area contributed by atoms with Crippen molar-refractivity contribution < 1.29 is 30.7 Å². The average molecular weight is 488 g/mol. The van der Waals surface area contributed by atoms with Gasteiger partial charge in [-0.3, -0.25) is 0 Å². The lowest BCUT2D eigenvalue weighted by atomic mass is 10.0. The van der Waals surface area contributed by atoms with Crippen LogP contribution in [0.15, 0.2) is 53.4 Å². The summed E-state index contributed by atoms with van der Waals surface area (Å²) < 4.78 is 82.1. The first kappa shape index (κ1) is 22.6. The van der Waals surface area contributed by atoms with E-state index in [9.17, 15) is 26.0 Å². The van der Waals surface area contributed by atoms with E-state index < -0.39 is 28.0 Å². The standard InChI is InChI=1S/C20H17F4N3O3S2/c21-17-6-2-1-5-16(17)19-26-25-18(31-19)13-4-3-11-27(12-13)32(28,29)15-9-7-14(8-10-15)30-20(22,23)24/h1-2,5-10,13H,3-4,11-12H2. The number of benzene rings is 2. The minimum Gasteiger partial charge on any atom is -0.406 e. The van der Waals surface area contributed by atoms with E-state index in [0.29, 0.717) is 28.4 Å². The van der Waals surface area contributed by atoms with E-state index in [1.165, 1.54) is 21.7 Å². The van der Waals surface area contributed by atoms with Crippen LogP contribution in [0.4, 0.5) is 17.6 Å². The Hall–Kier alpha value is -2.57. The molecule has 3 aromatic rings. The van der Waals surface area contributed by atoms with E-state index >= 15 is 0 Å². The Morgan fingerprint density at radius 1 is 1.06 bits per heavy atom. The Morgan fingerprint density at radius 2 is 1.78 bits per heavy atom. The molecule has 12 heteroatoms. The summed E-state index contributed by atoms with van der Waals surface area (Å²) in [5.74, 6) is -1.13. The molecule has 1 fully saturated rings. The number of sulfonamides is 1. The Labute approximate surface area is 185 Å². The number of piperidine rings is 1. The normalized spacial score (nSPS) is 17.9. The fraction of sp³-hybridized carbons (Fsp3) is 0.300. The van der Waals surface area contributed by atoms with Gasteiger partial charge in [0.1, 0.15) is 16.6 Å². The van der Waals surface area contributed by atoms with Crippen LogP contribution in [0, 0.1) is 5.82 Å². The molecule has 170 valence electrons. The van der Waals surface area contributed by atoms with Gasteiger partial charge in [0.05, 0.1) is 4.90 Å². The first-order valence-electron chi connectivity index (χ1n) is 9.58. The van der Waals surface area contributed by atoms with E-state index in [4.69, 9.17) is 0 Å². The number of alkyl halides is 3. The van der Waals surface area contributed by atoms with Crippen LogP contribution in [0.25, 0.3) is 10.6 Å². The van der Waals surface area contributed by atoms with Gasteiger partial charge in [-0.25, -0.2) is 12.8 Å². The molecule has 1 saturated heterocycles. The van der Waals surface area contributed by atoms with Gasteiger partial charge >= 0.3 is 6.36 Å². The predicted octanol–water partition coefficient (Wildman–Crippen LogP) is 4.81. The molecule has 1 aliphatic heterocycles. The summed E-state index contributed by atoms with van der Waals surface area (Å²) in [6, 6.07) is 10.3. The molecule has 0 N–H and O–H groups in total. The van der Waals surface area contributed by atoms with Crippen molar-refractivity contribution in [2.75, 3.05) is 13.1 Å². The number of hydrogen-bond donors (Lipinski definition) is 0. The van der Waals surface area contributed by atoms with E-state index in [-0.39, 0.29) is 23.9 Å². The summed E-state index contributed by atoms with van der Waals surface area (Å²) in [6.45, 7) is 0.424. The number of aromatic nitrogens is 2. The zero-order valence-corrected chi connectivity index (χ0v) is 18.1. The number of hydrogen-bond acceptors (Lipinski definition) is 6. The summed E-state index contributed by atoms with van der Waals surface area (Å²) in [7, 11) is -3.92. The van der Waals surface area contributed by atoms with Crippen LogP contribution in [-0.2, 0) is 10.0 Å². The van der Waals surface area contributed by atoms with Gasteiger partial charge in [-0.1, -0.05) is 23.5 Å². The molecule has 0 spiro atoms. The quantitative estimate of drug-likeness (QED) is 0.483. The predicted molar refractivity (Wildman–Crippen MR) is 109 cm³/mol. The van der Waals surface area contributed by atoms with Crippen molar-refractivity contribution in [3.8, 4) is 16.3 Å². The molecule has 1 aromatic heterocycles. The van der Waals surface area contributed by atoms with Gasteiger partial charge in [-0.2, -0.15) is 4.31 Å². The molecule has 0 bridgehead atoms. The molecule has 2 heterocycles. The molecule has 0 radical (unpaired) electrons. The number of nitrogens with zero attached hydrogens (tertiary/aromatic N) is 3. The van der Waals surface area contributed by atoms with Crippen LogP contribution >= 0.6 is 11.3 Å². The summed E-state index contributed by atoms with van der Waals surface area (Å²) in [5.41, 5.74) is 0.331. The third kappa shape index (κ3) is 4.92. The molecule has 4 rings (SSSR count). The summed E-state index contributed by atoms with van der Waals surface area (Å²) in [6.07, 6.45) is -3.59. The second-order valence-corrected chi connectivity index (χ2v) is 10.1. The fourth-order valence-electron chi connectivity index (χ4n) is 3.47. The van der Waals surface area contributed by atoms with E-state index in [1.54, 1.807) is 18.2 Å². The highest BCUT2D eigenvalue weighted by atomic mass is 32.2. The maximum atomic E-state index is 14.0. The van der Waals surface area contributed by atoms with Gasteiger partial charge in [-0.05, 0) is 49.2 Å². The fourth-order valence-corrected chi connectivity index (χ4v) is 5.99. The highest BCUT2D eigenvalue weighted by Crippen LogP contribution is 2.35. The van der Waals surface area contributed by atoms with Crippen molar-refractivity contribution >= 4 is 21.4 Å². The Kier molecular flexibility index (Phi) is 6.19. The number of halogens is 4. The van der Waals surface area contributed by atoms with Gasteiger partial charge in [-0.15, -0.1) is 23.4 Å². The third-order valence-corrected chi connectivity index (χ3v) is 7.97. The van der Waals surface area contributed by atoms with Crippen LogP contribution in [0.5, 0.6) is 5.75 Å². The van der Waals surface area contributed by atoms with E-state index in [0.717, 1.165) is 24.3 Å².